The molecule has 3 nitrogen and oxygen atoms in total. The van der Waals surface area contributed by atoms with Crippen molar-refractivity contribution in [1.29, 1.82) is 0 Å². The summed E-state index contributed by atoms with van der Waals surface area (Å²) in [6, 6.07) is 14.8. The molecule has 0 fully saturated rings. The first-order valence-corrected chi connectivity index (χ1v) is 7.45. The van der Waals surface area contributed by atoms with E-state index in [4.69, 9.17) is 11.6 Å². The quantitative estimate of drug-likeness (QED) is 0.580. The third kappa shape index (κ3) is 2.86. The second-order valence-electron chi connectivity index (χ2n) is 4.28. The van der Waals surface area contributed by atoms with E-state index in [9.17, 15) is 4.79 Å². The lowest BCUT2D eigenvalue weighted by atomic mass is 10.1. The summed E-state index contributed by atoms with van der Waals surface area (Å²) in [5.41, 5.74) is 2.51. The van der Waals surface area contributed by atoms with Crippen molar-refractivity contribution in [3.8, 4) is 0 Å². The fourth-order valence-electron chi connectivity index (χ4n) is 1.88. The van der Waals surface area contributed by atoms with Crippen LogP contribution < -0.4 is 0 Å². The lowest BCUT2D eigenvalue weighted by Gasteiger charge is -1.99. The number of halogens is 1. The molecule has 0 aliphatic heterocycles. The van der Waals surface area contributed by atoms with Crippen LogP contribution in [0.5, 0.6) is 0 Å². The number of hydrogen-bond acceptors (Lipinski definition) is 3. The average molecular weight is 303 g/mol. The molecule has 0 spiro atoms. The molecular formula is C15H11ClN2OS. The predicted octanol–water partition coefficient (Wildman–Crippen LogP) is 4.19. The molecule has 0 bridgehead atoms. The van der Waals surface area contributed by atoms with Crippen LogP contribution in [0.25, 0.3) is 11.0 Å². The van der Waals surface area contributed by atoms with Crippen molar-refractivity contribution >= 4 is 40.2 Å². The number of fused-ring (bicyclic) bond motifs is 1. The van der Waals surface area contributed by atoms with Gasteiger partial charge < -0.3 is 4.98 Å². The van der Waals surface area contributed by atoms with Gasteiger partial charge in [0, 0.05) is 10.6 Å². The van der Waals surface area contributed by atoms with Crippen molar-refractivity contribution in [2.75, 3.05) is 5.75 Å². The zero-order valence-corrected chi connectivity index (χ0v) is 12.0. The summed E-state index contributed by atoms with van der Waals surface area (Å²) in [7, 11) is 0. The van der Waals surface area contributed by atoms with E-state index in [1.807, 2.05) is 24.3 Å². The highest BCUT2D eigenvalue weighted by Gasteiger charge is 2.09. The molecule has 0 amide bonds. The number of carbonyl (C=O) groups excluding carboxylic acids is 1. The van der Waals surface area contributed by atoms with E-state index in [-0.39, 0.29) is 5.78 Å². The molecule has 0 radical (unpaired) electrons. The van der Waals surface area contributed by atoms with Crippen LogP contribution in [-0.2, 0) is 0 Å². The van der Waals surface area contributed by atoms with Gasteiger partial charge in [-0.25, -0.2) is 4.98 Å². The summed E-state index contributed by atoms with van der Waals surface area (Å²) >= 11 is 7.28. The third-order valence-corrected chi connectivity index (χ3v) is 3.96. The number of aromatic amines is 1. The van der Waals surface area contributed by atoms with Gasteiger partial charge in [0.25, 0.3) is 0 Å². The maximum absolute atomic E-state index is 12.1. The standard InChI is InChI=1S/C15H11ClN2OS/c16-11-5-3-4-10(8-11)14(19)9-20-15-17-12-6-1-2-7-13(12)18-15/h1-8H,9H2,(H,17,18). The molecule has 1 aromatic heterocycles. The van der Waals surface area contributed by atoms with Gasteiger partial charge in [-0.2, -0.15) is 0 Å². The van der Waals surface area contributed by atoms with Crippen LogP contribution in [0.15, 0.2) is 53.7 Å². The smallest absolute Gasteiger partial charge is 0.173 e. The Morgan fingerprint density at radius 1 is 1.20 bits per heavy atom. The normalized spacial score (nSPS) is 10.8. The topological polar surface area (TPSA) is 45.8 Å². The Morgan fingerprint density at radius 3 is 2.85 bits per heavy atom. The van der Waals surface area contributed by atoms with Crippen molar-refractivity contribution in [2.45, 2.75) is 5.16 Å². The minimum absolute atomic E-state index is 0.0398. The Hall–Kier alpha value is -1.78. The first-order valence-electron chi connectivity index (χ1n) is 6.09. The number of carbonyl (C=O) groups is 1. The fraction of sp³-hybridized carbons (Fsp3) is 0.0667. The Bertz CT molecular complexity index is 736. The van der Waals surface area contributed by atoms with E-state index in [1.165, 1.54) is 11.8 Å². The van der Waals surface area contributed by atoms with Crippen molar-refractivity contribution < 1.29 is 4.79 Å². The molecule has 0 aliphatic carbocycles. The van der Waals surface area contributed by atoms with Gasteiger partial charge in [-0.3, -0.25) is 4.79 Å². The van der Waals surface area contributed by atoms with Gasteiger partial charge in [-0.15, -0.1) is 0 Å². The van der Waals surface area contributed by atoms with Crippen LogP contribution in [0, 0.1) is 0 Å². The van der Waals surface area contributed by atoms with Crippen LogP contribution in [0.4, 0.5) is 0 Å². The van der Waals surface area contributed by atoms with Crippen LogP contribution in [-0.4, -0.2) is 21.5 Å². The monoisotopic (exact) mass is 302 g/mol. The van der Waals surface area contributed by atoms with E-state index in [0.29, 0.717) is 16.3 Å². The van der Waals surface area contributed by atoms with Crippen LogP contribution in [0.3, 0.4) is 0 Å². The first kappa shape index (κ1) is 13.2. The number of ketones is 1. The number of rotatable bonds is 4. The van der Waals surface area contributed by atoms with Gasteiger partial charge in [0.15, 0.2) is 10.9 Å². The number of imidazole rings is 1. The number of H-pyrrole nitrogens is 1. The van der Waals surface area contributed by atoms with Crippen molar-refractivity contribution in [3.05, 3.63) is 59.1 Å². The van der Waals surface area contributed by atoms with E-state index in [0.717, 1.165) is 16.2 Å². The summed E-state index contributed by atoms with van der Waals surface area (Å²) < 4.78 is 0. The second kappa shape index (κ2) is 5.69. The molecule has 3 rings (SSSR count). The van der Waals surface area contributed by atoms with Gasteiger partial charge >= 0.3 is 0 Å². The molecule has 100 valence electrons. The van der Waals surface area contributed by atoms with Crippen LogP contribution in [0.2, 0.25) is 5.02 Å². The van der Waals surface area contributed by atoms with Crippen molar-refractivity contribution in [2.24, 2.45) is 0 Å². The highest BCUT2D eigenvalue weighted by atomic mass is 35.5. The lowest BCUT2D eigenvalue weighted by molar-refractivity contribution is 0.102. The van der Waals surface area contributed by atoms with Crippen molar-refractivity contribution in [1.82, 2.24) is 9.97 Å². The zero-order chi connectivity index (χ0) is 13.9. The summed E-state index contributed by atoms with van der Waals surface area (Å²) in [5, 5.41) is 1.33. The molecule has 0 aliphatic rings. The summed E-state index contributed by atoms with van der Waals surface area (Å²) in [4.78, 5) is 19.7. The van der Waals surface area contributed by atoms with E-state index < -0.39 is 0 Å². The van der Waals surface area contributed by atoms with Crippen molar-refractivity contribution in [3.63, 3.8) is 0 Å². The van der Waals surface area contributed by atoms with Crippen LogP contribution >= 0.6 is 23.4 Å². The molecule has 0 atom stereocenters. The third-order valence-electron chi connectivity index (χ3n) is 2.85. The van der Waals surface area contributed by atoms with Gasteiger partial charge in [0.05, 0.1) is 16.8 Å². The molecular weight excluding hydrogens is 292 g/mol. The molecule has 1 heterocycles. The summed E-state index contributed by atoms with van der Waals surface area (Å²) in [6.45, 7) is 0. The number of aromatic nitrogens is 2. The minimum Gasteiger partial charge on any atom is -0.333 e. The predicted molar refractivity (Wildman–Crippen MR) is 82.6 cm³/mol. The summed E-state index contributed by atoms with van der Waals surface area (Å²) in [6.07, 6.45) is 0. The second-order valence-corrected chi connectivity index (χ2v) is 5.68. The SMILES string of the molecule is O=C(CSc1nc2ccccc2[nH]1)c1cccc(Cl)c1. The fourth-order valence-corrected chi connectivity index (χ4v) is 2.85. The number of para-hydroxylation sites is 2. The Morgan fingerprint density at radius 2 is 2.05 bits per heavy atom. The lowest BCUT2D eigenvalue weighted by Crippen LogP contribution is -2.02. The maximum atomic E-state index is 12.1. The zero-order valence-electron chi connectivity index (χ0n) is 10.5. The molecule has 20 heavy (non-hydrogen) atoms. The molecule has 1 N–H and O–H groups in total. The first-order chi connectivity index (χ1) is 9.72. The highest BCUT2D eigenvalue weighted by molar-refractivity contribution is 7.99. The number of nitrogens with one attached hydrogen (secondary N) is 1. The average Bonchev–Trinajstić information content (AvgIpc) is 2.87. The minimum atomic E-state index is 0.0398. The number of Topliss-reactive ketones (excluding diaryl/α,β-unsaturated/α-hetero) is 1. The van der Waals surface area contributed by atoms with Gasteiger partial charge in [0.1, 0.15) is 0 Å². The molecule has 0 saturated heterocycles. The molecule has 2 aromatic carbocycles. The highest BCUT2D eigenvalue weighted by Crippen LogP contribution is 2.20. The molecule has 3 aromatic rings. The van der Waals surface area contributed by atoms with Crippen LogP contribution in [0.1, 0.15) is 10.4 Å². The van der Waals surface area contributed by atoms with E-state index >= 15 is 0 Å². The number of thioether (sulfide) groups is 1. The van der Waals surface area contributed by atoms with E-state index in [2.05, 4.69) is 9.97 Å². The largest absolute Gasteiger partial charge is 0.333 e. The molecule has 0 unspecified atom stereocenters. The maximum Gasteiger partial charge on any atom is 0.173 e. The van der Waals surface area contributed by atoms with Gasteiger partial charge in [-0.05, 0) is 24.3 Å². The summed E-state index contributed by atoms with van der Waals surface area (Å²) in [5.74, 6) is 0.373. The van der Waals surface area contributed by atoms with Gasteiger partial charge in [0.2, 0.25) is 0 Å². The molecule has 5 heteroatoms. The number of nitrogens with zero attached hydrogens (tertiary/aromatic N) is 1. The number of hydrogen-bond donors (Lipinski definition) is 1. The number of benzene rings is 2. The van der Waals surface area contributed by atoms with Gasteiger partial charge in [-0.1, -0.05) is 47.6 Å². The Balaban J connectivity index is 1.71. The van der Waals surface area contributed by atoms with E-state index in [1.54, 1.807) is 24.3 Å². The Kier molecular flexibility index (Phi) is 3.76. The Labute approximate surface area is 125 Å². The molecule has 0 saturated carbocycles.